The minimum atomic E-state index is -0.387. The molecule has 120 valence electrons. The second-order valence-corrected chi connectivity index (χ2v) is 5.95. The summed E-state index contributed by atoms with van der Waals surface area (Å²) in [5.74, 6) is -0.183. The molecule has 0 bridgehead atoms. The fraction of sp³-hybridized carbons (Fsp3) is 0.222. The molecule has 1 N–H and O–H groups in total. The number of amides is 1. The van der Waals surface area contributed by atoms with Crippen LogP contribution < -0.4 is 5.32 Å². The van der Waals surface area contributed by atoms with E-state index in [1.165, 1.54) is 11.8 Å². The third-order valence-corrected chi connectivity index (χ3v) is 4.15. The number of hydrogen-bond acceptors (Lipinski definition) is 4. The maximum atomic E-state index is 12.1. The number of thioether (sulfide) groups is 1. The highest BCUT2D eigenvalue weighted by Crippen LogP contribution is 2.20. The molecule has 1 amide bonds. The van der Waals surface area contributed by atoms with Gasteiger partial charge in [-0.2, -0.15) is 0 Å². The van der Waals surface area contributed by atoms with Gasteiger partial charge >= 0.3 is 5.97 Å². The number of aryl methyl sites for hydroxylation is 1. The number of esters is 1. The minimum Gasteiger partial charge on any atom is -0.462 e. The average molecular weight is 329 g/mol. The van der Waals surface area contributed by atoms with Gasteiger partial charge in [0, 0.05) is 10.6 Å². The molecule has 2 aromatic carbocycles. The zero-order chi connectivity index (χ0) is 16.7. The van der Waals surface area contributed by atoms with Crippen molar-refractivity contribution in [2.24, 2.45) is 0 Å². The van der Waals surface area contributed by atoms with Crippen LogP contribution in [0.15, 0.2) is 53.4 Å². The summed E-state index contributed by atoms with van der Waals surface area (Å²) in [6.45, 7) is 3.96. The number of rotatable bonds is 6. The van der Waals surface area contributed by atoms with Crippen LogP contribution >= 0.6 is 11.8 Å². The number of anilines is 1. The third-order valence-electron chi connectivity index (χ3n) is 3.14. The Bertz CT molecular complexity index is 686. The smallest absolute Gasteiger partial charge is 0.338 e. The van der Waals surface area contributed by atoms with E-state index >= 15 is 0 Å². The van der Waals surface area contributed by atoms with Gasteiger partial charge in [-0.05, 0) is 43.7 Å². The maximum absolute atomic E-state index is 12.1. The second-order valence-electron chi connectivity index (χ2n) is 4.90. The van der Waals surface area contributed by atoms with Gasteiger partial charge in [-0.1, -0.05) is 24.3 Å². The van der Waals surface area contributed by atoms with E-state index in [1.54, 1.807) is 25.1 Å². The highest BCUT2D eigenvalue weighted by molar-refractivity contribution is 8.00. The molecule has 5 heteroatoms. The first-order valence-electron chi connectivity index (χ1n) is 7.35. The maximum Gasteiger partial charge on any atom is 0.338 e. The number of nitrogens with one attached hydrogen (secondary N) is 1. The molecule has 0 atom stereocenters. The van der Waals surface area contributed by atoms with E-state index in [4.69, 9.17) is 4.74 Å². The fourth-order valence-electron chi connectivity index (χ4n) is 1.95. The van der Waals surface area contributed by atoms with Crippen molar-refractivity contribution in [3.8, 4) is 0 Å². The summed E-state index contributed by atoms with van der Waals surface area (Å²) in [7, 11) is 0. The Morgan fingerprint density at radius 3 is 2.57 bits per heavy atom. The summed E-state index contributed by atoms with van der Waals surface area (Å²) in [6.07, 6.45) is 0. The van der Waals surface area contributed by atoms with Crippen molar-refractivity contribution in [3.05, 3.63) is 59.7 Å². The molecular weight excluding hydrogens is 310 g/mol. The molecule has 0 heterocycles. The van der Waals surface area contributed by atoms with Crippen molar-refractivity contribution in [1.29, 1.82) is 0 Å². The topological polar surface area (TPSA) is 55.4 Å². The fourth-order valence-corrected chi connectivity index (χ4v) is 2.67. The predicted molar refractivity (Wildman–Crippen MR) is 92.9 cm³/mol. The van der Waals surface area contributed by atoms with Crippen LogP contribution in [0.1, 0.15) is 22.8 Å². The van der Waals surface area contributed by atoms with Crippen LogP contribution in [0.25, 0.3) is 0 Å². The van der Waals surface area contributed by atoms with Gasteiger partial charge < -0.3 is 10.1 Å². The molecule has 0 saturated heterocycles. The van der Waals surface area contributed by atoms with Crippen LogP contribution in [0.5, 0.6) is 0 Å². The van der Waals surface area contributed by atoms with Crippen molar-refractivity contribution in [1.82, 2.24) is 0 Å². The summed E-state index contributed by atoms with van der Waals surface area (Å²) in [4.78, 5) is 24.9. The minimum absolute atomic E-state index is 0.108. The van der Waals surface area contributed by atoms with Crippen LogP contribution in [-0.4, -0.2) is 24.2 Å². The number of ether oxygens (including phenoxy) is 1. The average Bonchev–Trinajstić information content (AvgIpc) is 2.56. The normalized spacial score (nSPS) is 10.2. The highest BCUT2D eigenvalue weighted by Gasteiger charge is 2.11. The quantitative estimate of drug-likeness (QED) is 0.645. The Morgan fingerprint density at radius 2 is 1.87 bits per heavy atom. The Morgan fingerprint density at radius 1 is 1.13 bits per heavy atom. The molecule has 0 unspecified atom stereocenters. The molecule has 2 rings (SSSR count). The zero-order valence-corrected chi connectivity index (χ0v) is 14.0. The molecule has 4 nitrogen and oxygen atoms in total. The van der Waals surface area contributed by atoms with Crippen LogP contribution in [0, 0.1) is 6.92 Å². The van der Waals surface area contributed by atoms with Gasteiger partial charge in [0.2, 0.25) is 5.91 Å². The molecule has 0 spiro atoms. The van der Waals surface area contributed by atoms with Crippen LogP contribution in [-0.2, 0) is 9.53 Å². The van der Waals surface area contributed by atoms with Crippen molar-refractivity contribution >= 4 is 29.3 Å². The van der Waals surface area contributed by atoms with E-state index in [9.17, 15) is 9.59 Å². The Kier molecular flexibility index (Phi) is 6.23. The van der Waals surface area contributed by atoms with Crippen LogP contribution in [0.3, 0.4) is 0 Å². The van der Waals surface area contributed by atoms with Gasteiger partial charge in [0.25, 0.3) is 0 Å². The Hall–Kier alpha value is -2.27. The SMILES string of the molecule is CCOC(=O)c1ccc(C)c(NC(=O)CSc2ccccc2)c1. The molecular formula is C18H19NO3S. The molecule has 0 aliphatic carbocycles. The summed E-state index contributed by atoms with van der Waals surface area (Å²) in [5, 5.41) is 2.85. The largest absolute Gasteiger partial charge is 0.462 e. The Balaban J connectivity index is 1.99. The van der Waals surface area contributed by atoms with Gasteiger partial charge in [-0.3, -0.25) is 4.79 Å². The second kappa shape index (κ2) is 8.39. The summed E-state index contributed by atoms with van der Waals surface area (Å²) in [5.41, 5.74) is 1.97. The van der Waals surface area contributed by atoms with E-state index in [0.29, 0.717) is 23.6 Å². The van der Waals surface area contributed by atoms with Crippen molar-refractivity contribution in [3.63, 3.8) is 0 Å². The number of carbonyl (C=O) groups is 2. The summed E-state index contributed by atoms with van der Waals surface area (Å²) in [6, 6.07) is 14.9. The molecule has 2 aromatic rings. The lowest BCUT2D eigenvalue weighted by Crippen LogP contribution is -2.15. The lowest BCUT2D eigenvalue weighted by atomic mass is 10.1. The molecule has 0 fully saturated rings. The molecule has 23 heavy (non-hydrogen) atoms. The predicted octanol–water partition coefficient (Wildman–Crippen LogP) is 3.90. The third kappa shape index (κ3) is 5.14. The highest BCUT2D eigenvalue weighted by atomic mass is 32.2. The Labute approximate surface area is 140 Å². The molecule has 0 radical (unpaired) electrons. The zero-order valence-electron chi connectivity index (χ0n) is 13.2. The van der Waals surface area contributed by atoms with Crippen molar-refractivity contribution in [2.75, 3.05) is 17.7 Å². The summed E-state index contributed by atoms with van der Waals surface area (Å²) < 4.78 is 4.98. The van der Waals surface area contributed by atoms with Crippen molar-refractivity contribution in [2.45, 2.75) is 18.7 Å². The van der Waals surface area contributed by atoms with Crippen LogP contribution in [0.2, 0.25) is 0 Å². The number of carbonyl (C=O) groups excluding carboxylic acids is 2. The lowest BCUT2D eigenvalue weighted by molar-refractivity contribution is -0.113. The first-order chi connectivity index (χ1) is 11.1. The van der Waals surface area contributed by atoms with Gasteiger partial charge in [0.05, 0.1) is 17.9 Å². The number of benzene rings is 2. The van der Waals surface area contributed by atoms with E-state index in [0.717, 1.165) is 10.5 Å². The van der Waals surface area contributed by atoms with E-state index < -0.39 is 0 Å². The number of hydrogen-bond donors (Lipinski definition) is 1. The first kappa shape index (κ1) is 17.1. The van der Waals surface area contributed by atoms with Gasteiger partial charge in [-0.15, -0.1) is 11.8 Å². The van der Waals surface area contributed by atoms with E-state index in [-0.39, 0.29) is 11.9 Å². The first-order valence-corrected chi connectivity index (χ1v) is 8.34. The van der Waals surface area contributed by atoms with E-state index in [2.05, 4.69) is 5.32 Å². The van der Waals surface area contributed by atoms with E-state index in [1.807, 2.05) is 37.3 Å². The monoisotopic (exact) mass is 329 g/mol. The van der Waals surface area contributed by atoms with Gasteiger partial charge in [0.1, 0.15) is 0 Å². The summed E-state index contributed by atoms with van der Waals surface area (Å²) >= 11 is 1.47. The molecule has 0 aromatic heterocycles. The molecule has 0 aliphatic heterocycles. The van der Waals surface area contributed by atoms with Crippen molar-refractivity contribution < 1.29 is 14.3 Å². The van der Waals surface area contributed by atoms with Gasteiger partial charge in [-0.25, -0.2) is 4.79 Å². The lowest BCUT2D eigenvalue weighted by Gasteiger charge is -2.10. The molecule has 0 aliphatic rings. The standard InChI is InChI=1S/C18H19NO3S/c1-3-22-18(21)14-10-9-13(2)16(11-14)19-17(20)12-23-15-7-5-4-6-8-15/h4-11H,3,12H2,1-2H3,(H,19,20). The van der Waals surface area contributed by atoms with Crippen LogP contribution in [0.4, 0.5) is 5.69 Å². The molecule has 0 saturated carbocycles. The van der Waals surface area contributed by atoms with Gasteiger partial charge in [0.15, 0.2) is 0 Å².